The van der Waals surface area contributed by atoms with Gasteiger partial charge in [0.15, 0.2) is 0 Å². The molecule has 76 valence electrons. The van der Waals surface area contributed by atoms with Gasteiger partial charge in [-0.25, -0.2) is 0 Å². The summed E-state index contributed by atoms with van der Waals surface area (Å²) in [7, 11) is 0. The predicted octanol–water partition coefficient (Wildman–Crippen LogP) is 2.52. The lowest BCUT2D eigenvalue weighted by atomic mass is 9.90. The Morgan fingerprint density at radius 1 is 1.57 bits per heavy atom. The number of aromatic nitrogens is 2. The van der Waals surface area contributed by atoms with Crippen LogP contribution in [0.1, 0.15) is 32.4 Å². The summed E-state index contributed by atoms with van der Waals surface area (Å²) in [6, 6.07) is 4.30. The number of rotatable bonds is 4. The summed E-state index contributed by atoms with van der Waals surface area (Å²) in [5.41, 5.74) is 0.840. The fraction of sp³-hybridized carbons (Fsp3) is 0.636. The first-order valence-corrected chi connectivity index (χ1v) is 4.95. The smallest absolute Gasteiger partial charge is 0.0683 e. The van der Waals surface area contributed by atoms with Gasteiger partial charge in [-0.05, 0) is 39.7 Å². The molecule has 0 atom stereocenters. The van der Waals surface area contributed by atoms with Crippen LogP contribution in [0, 0.1) is 23.7 Å². The molecule has 0 saturated heterocycles. The topological polar surface area (TPSA) is 41.6 Å². The van der Waals surface area contributed by atoms with Crippen LogP contribution in [0.15, 0.2) is 12.3 Å². The summed E-state index contributed by atoms with van der Waals surface area (Å²) in [6.07, 6.45) is 3.90. The summed E-state index contributed by atoms with van der Waals surface area (Å²) in [5.74, 6) is 0. The first kappa shape index (κ1) is 10.8. The molecule has 0 aliphatic heterocycles. The van der Waals surface area contributed by atoms with Crippen molar-refractivity contribution in [3.8, 4) is 6.07 Å². The van der Waals surface area contributed by atoms with Crippen molar-refractivity contribution in [1.29, 1.82) is 5.26 Å². The van der Waals surface area contributed by atoms with E-state index in [2.05, 4.69) is 11.2 Å². The monoisotopic (exact) mass is 191 g/mol. The van der Waals surface area contributed by atoms with Crippen LogP contribution in [-0.4, -0.2) is 9.78 Å². The van der Waals surface area contributed by atoms with Crippen LogP contribution in [0.5, 0.6) is 0 Å². The zero-order chi connectivity index (χ0) is 10.6. The lowest BCUT2D eigenvalue weighted by Gasteiger charge is -2.14. The second-order valence-electron chi connectivity index (χ2n) is 4.32. The lowest BCUT2D eigenvalue weighted by Crippen LogP contribution is -2.09. The predicted molar refractivity (Wildman–Crippen MR) is 55.6 cm³/mol. The Morgan fingerprint density at radius 2 is 2.29 bits per heavy atom. The highest BCUT2D eigenvalue weighted by molar-refractivity contribution is 4.95. The molecule has 3 heteroatoms. The maximum absolute atomic E-state index is 8.82. The van der Waals surface area contributed by atoms with Crippen molar-refractivity contribution in [3.05, 3.63) is 18.0 Å². The average molecular weight is 191 g/mol. The summed E-state index contributed by atoms with van der Waals surface area (Å²) in [4.78, 5) is 0. The molecule has 14 heavy (non-hydrogen) atoms. The fourth-order valence-corrected chi connectivity index (χ4v) is 1.33. The molecular weight excluding hydrogens is 174 g/mol. The highest BCUT2D eigenvalue weighted by atomic mass is 15.3. The second-order valence-corrected chi connectivity index (χ2v) is 4.32. The molecule has 0 saturated carbocycles. The van der Waals surface area contributed by atoms with Crippen LogP contribution in [0.2, 0.25) is 0 Å². The largest absolute Gasteiger partial charge is 0.273 e. The molecule has 1 aromatic rings. The van der Waals surface area contributed by atoms with E-state index in [9.17, 15) is 0 Å². The number of aryl methyl sites for hydroxylation is 2. The maximum atomic E-state index is 8.82. The standard InChI is InChI=1S/C11H17N3/c1-10-5-8-14(13-10)7-4-6-11(2,3)9-12/h5,8H,4,6-7H2,1-3H3. The van der Waals surface area contributed by atoms with Crippen molar-refractivity contribution >= 4 is 0 Å². The van der Waals surface area contributed by atoms with Crippen LogP contribution in [0.25, 0.3) is 0 Å². The van der Waals surface area contributed by atoms with Crippen LogP contribution < -0.4 is 0 Å². The number of nitrogens with zero attached hydrogens (tertiary/aromatic N) is 3. The highest BCUT2D eigenvalue weighted by Gasteiger charge is 2.15. The number of hydrogen-bond donors (Lipinski definition) is 0. The Kier molecular flexibility index (Phi) is 3.29. The molecule has 0 aromatic carbocycles. The highest BCUT2D eigenvalue weighted by Crippen LogP contribution is 2.20. The van der Waals surface area contributed by atoms with Crippen molar-refractivity contribution < 1.29 is 0 Å². The normalized spacial score (nSPS) is 11.3. The number of hydrogen-bond acceptors (Lipinski definition) is 2. The second kappa shape index (κ2) is 4.28. The van der Waals surface area contributed by atoms with Gasteiger partial charge in [-0.15, -0.1) is 0 Å². The Morgan fingerprint density at radius 3 is 2.79 bits per heavy atom. The Bertz CT molecular complexity index is 331. The number of nitriles is 1. The average Bonchev–Trinajstić information content (AvgIpc) is 2.51. The summed E-state index contributed by atoms with van der Waals surface area (Å²) >= 11 is 0. The van der Waals surface area contributed by atoms with Crippen molar-refractivity contribution in [1.82, 2.24) is 9.78 Å². The third-order valence-electron chi connectivity index (χ3n) is 2.27. The van der Waals surface area contributed by atoms with E-state index in [1.165, 1.54) is 0 Å². The molecule has 0 bridgehead atoms. The third-order valence-corrected chi connectivity index (χ3v) is 2.27. The van der Waals surface area contributed by atoms with E-state index in [1.807, 2.05) is 37.7 Å². The minimum absolute atomic E-state index is 0.206. The van der Waals surface area contributed by atoms with E-state index in [0.717, 1.165) is 25.1 Å². The van der Waals surface area contributed by atoms with Crippen LogP contribution in [-0.2, 0) is 6.54 Å². The fourth-order valence-electron chi connectivity index (χ4n) is 1.33. The van der Waals surface area contributed by atoms with Crippen LogP contribution in [0.3, 0.4) is 0 Å². The van der Waals surface area contributed by atoms with Crippen molar-refractivity contribution in [3.63, 3.8) is 0 Å². The SMILES string of the molecule is Cc1ccn(CCCC(C)(C)C#N)n1. The van der Waals surface area contributed by atoms with Crippen LogP contribution >= 0.6 is 0 Å². The molecule has 0 unspecified atom stereocenters. The molecule has 1 aromatic heterocycles. The molecule has 3 nitrogen and oxygen atoms in total. The van der Waals surface area contributed by atoms with Gasteiger partial charge in [0, 0.05) is 12.7 Å². The Hall–Kier alpha value is -1.30. The van der Waals surface area contributed by atoms with Gasteiger partial charge in [0.2, 0.25) is 0 Å². The van der Waals surface area contributed by atoms with Crippen molar-refractivity contribution in [2.24, 2.45) is 5.41 Å². The minimum Gasteiger partial charge on any atom is -0.273 e. The van der Waals surface area contributed by atoms with Gasteiger partial charge in [-0.1, -0.05) is 0 Å². The van der Waals surface area contributed by atoms with Gasteiger partial charge in [-0.3, -0.25) is 4.68 Å². The first-order chi connectivity index (χ1) is 6.53. The summed E-state index contributed by atoms with van der Waals surface area (Å²) in [6.45, 7) is 6.83. The first-order valence-electron chi connectivity index (χ1n) is 4.95. The molecule has 0 amide bonds. The van der Waals surface area contributed by atoms with E-state index in [0.29, 0.717) is 0 Å². The Labute approximate surface area is 85.4 Å². The van der Waals surface area contributed by atoms with Crippen molar-refractivity contribution in [2.45, 2.75) is 40.2 Å². The molecule has 0 radical (unpaired) electrons. The van der Waals surface area contributed by atoms with Crippen molar-refractivity contribution in [2.75, 3.05) is 0 Å². The van der Waals surface area contributed by atoms with Gasteiger partial charge in [0.25, 0.3) is 0 Å². The molecule has 0 N–H and O–H groups in total. The molecule has 1 rings (SSSR count). The molecule has 0 spiro atoms. The molecule has 0 aliphatic carbocycles. The molecule has 1 heterocycles. The van der Waals surface area contributed by atoms with Gasteiger partial charge in [0.05, 0.1) is 17.2 Å². The summed E-state index contributed by atoms with van der Waals surface area (Å²) < 4.78 is 1.93. The van der Waals surface area contributed by atoms with Gasteiger partial charge in [0.1, 0.15) is 0 Å². The molecular formula is C11H17N3. The van der Waals surface area contributed by atoms with E-state index < -0.39 is 0 Å². The van der Waals surface area contributed by atoms with E-state index in [1.54, 1.807) is 0 Å². The third kappa shape index (κ3) is 3.21. The zero-order valence-corrected chi connectivity index (χ0v) is 9.12. The maximum Gasteiger partial charge on any atom is 0.0683 e. The lowest BCUT2D eigenvalue weighted by molar-refractivity contribution is 0.406. The zero-order valence-electron chi connectivity index (χ0n) is 9.12. The van der Waals surface area contributed by atoms with E-state index >= 15 is 0 Å². The molecule has 0 aliphatic rings. The quantitative estimate of drug-likeness (QED) is 0.733. The minimum atomic E-state index is -0.206. The van der Waals surface area contributed by atoms with E-state index in [-0.39, 0.29) is 5.41 Å². The van der Waals surface area contributed by atoms with E-state index in [4.69, 9.17) is 5.26 Å². The van der Waals surface area contributed by atoms with Gasteiger partial charge in [-0.2, -0.15) is 10.4 Å². The van der Waals surface area contributed by atoms with Crippen LogP contribution in [0.4, 0.5) is 0 Å². The molecule has 0 fully saturated rings. The Balaban J connectivity index is 2.33. The summed E-state index contributed by atoms with van der Waals surface area (Å²) in [5, 5.41) is 13.1. The van der Waals surface area contributed by atoms with Gasteiger partial charge >= 0.3 is 0 Å². The van der Waals surface area contributed by atoms with Gasteiger partial charge < -0.3 is 0 Å².